The zero-order valence-electron chi connectivity index (χ0n) is 10.2. The van der Waals surface area contributed by atoms with Gasteiger partial charge >= 0.3 is 5.97 Å². The van der Waals surface area contributed by atoms with Crippen LogP contribution in [0.5, 0.6) is 0 Å². The smallest absolute Gasteiger partial charge is 0.303 e. The van der Waals surface area contributed by atoms with Crippen molar-refractivity contribution in [3.63, 3.8) is 0 Å². The molecule has 0 N–H and O–H groups in total. The van der Waals surface area contributed by atoms with Crippen LogP contribution < -0.4 is 0 Å². The maximum absolute atomic E-state index is 10.7. The van der Waals surface area contributed by atoms with E-state index < -0.39 is 8.07 Å². The van der Waals surface area contributed by atoms with Crippen LogP contribution in [0.1, 0.15) is 6.92 Å². The van der Waals surface area contributed by atoms with Crippen LogP contribution in [0.25, 0.3) is 0 Å². The van der Waals surface area contributed by atoms with Gasteiger partial charge in [-0.25, -0.2) is 0 Å². The fraction of sp³-hybridized carbons (Fsp3) is 0.583. The highest BCUT2D eigenvalue weighted by Crippen LogP contribution is 2.08. The van der Waals surface area contributed by atoms with Crippen LogP contribution in [0, 0.1) is 11.5 Å². The summed E-state index contributed by atoms with van der Waals surface area (Å²) in [7, 11) is -1.34. The van der Waals surface area contributed by atoms with Gasteiger partial charge in [-0.05, 0) is 12.2 Å². The first kappa shape index (κ1) is 13.0. The van der Waals surface area contributed by atoms with E-state index in [4.69, 9.17) is 9.47 Å². The summed E-state index contributed by atoms with van der Waals surface area (Å²) in [5.41, 5.74) is 3.25. The number of carbonyl (C=O) groups excluding carboxylic acids is 1. The molecule has 1 heterocycles. The monoisotopic (exact) mass is 238 g/mol. The summed E-state index contributed by atoms with van der Waals surface area (Å²) in [5.74, 6) is 2.81. The van der Waals surface area contributed by atoms with Gasteiger partial charge in [-0.1, -0.05) is 25.6 Å². The number of ether oxygens (including phenoxy) is 2. The molecule has 0 fully saturated rings. The summed E-state index contributed by atoms with van der Waals surface area (Å²) in [6.45, 7) is 8.35. The molecule has 0 amide bonds. The van der Waals surface area contributed by atoms with Crippen molar-refractivity contribution in [1.82, 2.24) is 0 Å². The van der Waals surface area contributed by atoms with Gasteiger partial charge in [0, 0.05) is 6.92 Å². The van der Waals surface area contributed by atoms with Gasteiger partial charge in [0.15, 0.2) is 0 Å². The average Bonchev–Trinajstić information content (AvgIpc) is 2.14. The summed E-state index contributed by atoms with van der Waals surface area (Å²) >= 11 is 0. The molecule has 1 rings (SSSR count). The maximum atomic E-state index is 10.7. The van der Waals surface area contributed by atoms with Crippen molar-refractivity contribution in [2.75, 3.05) is 6.61 Å². The molecule has 16 heavy (non-hydrogen) atoms. The molecule has 0 aromatic carbocycles. The van der Waals surface area contributed by atoms with Crippen LogP contribution >= 0.6 is 0 Å². The molecule has 0 saturated carbocycles. The van der Waals surface area contributed by atoms with Gasteiger partial charge in [0.2, 0.25) is 0 Å². The van der Waals surface area contributed by atoms with Gasteiger partial charge < -0.3 is 9.47 Å². The molecule has 0 unspecified atom stereocenters. The van der Waals surface area contributed by atoms with Crippen molar-refractivity contribution in [1.29, 1.82) is 0 Å². The molecular formula is C12H18O3Si. The van der Waals surface area contributed by atoms with Crippen LogP contribution in [0.2, 0.25) is 19.6 Å². The lowest BCUT2D eigenvalue weighted by atomic mass is 10.2. The molecular weight excluding hydrogens is 220 g/mol. The Morgan fingerprint density at radius 3 is 2.56 bits per heavy atom. The highest BCUT2D eigenvalue weighted by atomic mass is 28.3. The minimum atomic E-state index is -1.34. The Hall–Kier alpha value is -1.05. The van der Waals surface area contributed by atoms with Crippen molar-refractivity contribution >= 4 is 14.0 Å². The molecule has 0 spiro atoms. The number of hydrogen-bond donors (Lipinski definition) is 0. The Kier molecular flexibility index (Phi) is 4.33. The Morgan fingerprint density at radius 2 is 2.12 bits per heavy atom. The van der Waals surface area contributed by atoms with Crippen molar-refractivity contribution in [2.24, 2.45) is 0 Å². The second kappa shape index (κ2) is 5.33. The van der Waals surface area contributed by atoms with Gasteiger partial charge in [-0.15, -0.1) is 5.54 Å². The fourth-order valence-corrected chi connectivity index (χ4v) is 1.77. The molecule has 0 aromatic rings. The standard InChI is InChI=1S/C12H18O3Si/c1-10(13)15-12-6-5-11(14-9-12)7-8-16(2,3)4/h5-6,11-12H,9H2,1-4H3/t11-,12+/m1/s1. The van der Waals surface area contributed by atoms with E-state index in [1.807, 2.05) is 12.2 Å². The van der Waals surface area contributed by atoms with E-state index in [9.17, 15) is 4.79 Å². The molecule has 0 radical (unpaired) electrons. The van der Waals surface area contributed by atoms with Crippen LogP contribution in [-0.4, -0.2) is 32.9 Å². The summed E-state index contributed by atoms with van der Waals surface area (Å²) in [4.78, 5) is 10.7. The van der Waals surface area contributed by atoms with Crippen LogP contribution in [0.4, 0.5) is 0 Å². The number of rotatable bonds is 1. The van der Waals surface area contributed by atoms with E-state index in [0.29, 0.717) is 6.61 Å². The second-order valence-electron chi connectivity index (χ2n) is 4.81. The lowest BCUT2D eigenvalue weighted by Crippen LogP contribution is -2.28. The number of hydrogen-bond acceptors (Lipinski definition) is 3. The van der Waals surface area contributed by atoms with Crippen molar-refractivity contribution in [3.8, 4) is 11.5 Å². The zero-order chi connectivity index (χ0) is 12.2. The molecule has 0 saturated heterocycles. The third kappa shape index (κ3) is 5.15. The predicted molar refractivity (Wildman–Crippen MR) is 65.6 cm³/mol. The molecule has 0 aliphatic carbocycles. The summed E-state index contributed by atoms with van der Waals surface area (Å²) in [6.07, 6.45) is 3.28. The molecule has 3 nitrogen and oxygen atoms in total. The highest BCUT2D eigenvalue weighted by Gasteiger charge is 2.17. The average molecular weight is 238 g/mol. The van der Waals surface area contributed by atoms with E-state index in [1.54, 1.807) is 0 Å². The summed E-state index contributed by atoms with van der Waals surface area (Å²) < 4.78 is 10.5. The lowest BCUT2D eigenvalue weighted by molar-refractivity contribution is -0.147. The van der Waals surface area contributed by atoms with Gasteiger partial charge in [-0.2, -0.15) is 0 Å². The minimum absolute atomic E-state index is 0.154. The summed E-state index contributed by atoms with van der Waals surface area (Å²) in [6, 6.07) is 0. The van der Waals surface area contributed by atoms with Gasteiger partial charge in [0.05, 0.1) is 6.61 Å². The molecule has 0 aromatic heterocycles. The first-order valence-corrected chi connectivity index (χ1v) is 8.87. The van der Waals surface area contributed by atoms with E-state index in [2.05, 4.69) is 31.1 Å². The van der Waals surface area contributed by atoms with Gasteiger partial charge in [0.1, 0.15) is 20.3 Å². The SMILES string of the molecule is CC(=O)O[C@H]1C=C[C@H](C#C[Si](C)(C)C)OC1. The molecule has 1 aliphatic rings. The van der Waals surface area contributed by atoms with Crippen molar-refractivity contribution < 1.29 is 14.3 Å². The van der Waals surface area contributed by atoms with Crippen molar-refractivity contribution in [2.45, 2.75) is 38.8 Å². The molecule has 88 valence electrons. The zero-order valence-corrected chi connectivity index (χ0v) is 11.2. The Balaban J connectivity index is 2.51. The molecule has 0 bridgehead atoms. The Labute approximate surface area is 97.8 Å². The fourth-order valence-electron chi connectivity index (χ4n) is 1.20. The third-order valence-electron chi connectivity index (χ3n) is 1.85. The van der Waals surface area contributed by atoms with Gasteiger partial charge in [-0.3, -0.25) is 4.79 Å². The predicted octanol–water partition coefficient (Wildman–Crippen LogP) is 1.75. The Morgan fingerprint density at radius 1 is 1.44 bits per heavy atom. The normalized spacial score (nSPS) is 24.5. The molecule has 1 aliphatic heterocycles. The van der Waals surface area contributed by atoms with E-state index in [0.717, 1.165) is 0 Å². The number of carbonyl (C=O) groups is 1. The topological polar surface area (TPSA) is 35.5 Å². The van der Waals surface area contributed by atoms with Gasteiger partial charge in [0.25, 0.3) is 0 Å². The first-order chi connectivity index (χ1) is 7.37. The van der Waals surface area contributed by atoms with E-state index >= 15 is 0 Å². The number of esters is 1. The molecule has 2 atom stereocenters. The first-order valence-electron chi connectivity index (χ1n) is 5.37. The van der Waals surface area contributed by atoms with Crippen LogP contribution in [0.15, 0.2) is 12.2 Å². The third-order valence-corrected chi connectivity index (χ3v) is 2.74. The molecule has 4 heteroatoms. The lowest BCUT2D eigenvalue weighted by Gasteiger charge is -2.20. The van der Waals surface area contributed by atoms with Crippen molar-refractivity contribution in [3.05, 3.63) is 12.2 Å². The summed E-state index contributed by atoms with van der Waals surface area (Å²) in [5, 5.41) is 0. The quantitative estimate of drug-likeness (QED) is 0.302. The van der Waals surface area contributed by atoms with E-state index in [1.165, 1.54) is 6.92 Å². The van der Waals surface area contributed by atoms with Crippen LogP contribution in [0.3, 0.4) is 0 Å². The maximum Gasteiger partial charge on any atom is 0.303 e. The largest absolute Gasteiger partial charge is 0.456 e. The van der Waals surface area contributed by atoms with Crippen LogP contribution in [-0.2, 0) is 14.3 Å². The minimum Gasteiger partial charge on any atom is -0.456 e. The highest BCUT2D eigenvalue weighted by molar-refractivity contribution is 6.83. The Bertz CT molecular complexity index is 344. The second-order valence-corrected chi connectivity index (χ2v) is 9.56. The van der Waals surface area contributed by atoms with E-state index in [-0.39, 0.29) is 18.2 Å².